The van der Waals surface area contributed by atoms with Crippen molar-refractivity contribution in [1.82, 2.24) is 0 Å². The zero-order valence-corrected chi connectivity index (χ0v) is 9.59. The maximum Gasteiger partial charge on any atom is 0.304 e. The van der Waals surface area contributed by atoms with Crippen molar-refractivity contribution in [2.45, 2.75) is 25.8 Å². The van der Waals surface area contributed by atoms with Gasteiger partial charge in [-0.05, 0) is 36.6 Å². The number of carbonyl (C=O) groups is 1. The fourth-order valence-corrected chi connectivity index (χ4v) is 1.72. The number of hydrogen-bond acceptors (Lipinski definition) is 2. The third-order valence-electron chi connectivity index (χ3n) is 2.25. The summed E-state index contributed by atoms with van der Waals surface area (Å²) in [6.07, 6.45) is 0.0914. The van der Waals surface area contributed by atoms with Gasteiger partial charge in [0.25, 0.3) is 0 Å². The van der Waals surface area contributed by atoms with Crippen LogP contribution in [0.4, 0.5) is 4.39 Å². The molecule has 1 atom stereocenters. The summed E-state index contributed by atoms with van der Waals surface area (Å²) in [4.78, 5) is 10.4. The second-order valence-corrected chi connectivity index (χ2v) is 4.16. The highest BCUT2D eigenvalue weighted by molar-refractivity contribution is 6.31. The van der Waals surface area contributed by atoms with Crippen molar-refractivity contribution >= 4 is 17.6 Å². The Kier molecular flexibility index (Phi) is 4.26. The fourth-order valence-electron chi connectivity index (χ4n) is 1.42. The summed E-state index contributed by atoms with van der Waals surface area (Å²) in [7, 11) is 0. The van der Waals surface area contributed by atoms with Gasteiger partial charge in [-0.3, -0.25) is 4.79 Å². The lowest BCUT2D eigenvalue weighted by Gasteiger charge is -2.11. The van der Waals surface area contributed by atoms with E-state index in [9.17, 15) is 9.18 Å². The first kappa shape index (κ1) is 12.9. The molecule has 0 fully saturated rings. The summed E-state index contributed by atoms with van der Waals surface area (Å²) in [5.74, 6) is -1.34. The molecule has 3 nitrogen and oxygen atoms in total. The van der Waals surface area contributed by atoms with Crippen LogP contribution in [-0.4, -0.2) is 17.1 Å². The molecule has 0 aliphatic carbocycles. The molecule has 16 heavy (non-hydrogen) atoms. The number of hydrogen-bond donors (Lipinski definition) is 2. The Balaban J connectivity index is 2.81. The van der Waals surface area contributed by atoms with Gasteiger partial charge in [0.2, 0.25) is 0 Å². The molecular weight excluding hydrogens is 233 g/mol. The van der Waals surface area contributed by atoms with Gasteiger partial charge in [0, 0.05) is 11.1 Å². The van der Waals surface area contributed by atoms with E-state index in [-0.39, 0.29) is 18.7 Å². The zero-order valence-electron chi connectivity index (χ0n) is 8.84. The molecule has 0 heterocycles. The van der Waals surface area contributed by atoms with E-state index in [1.165, 1.54) is 12.1 Å². The van der Waals surface area contributed by atoms with Gasteiger partial charge in [-0.25, -0.2) is 4.39 Å². The number of halogens is 2. The van der Waals surface area contributed by atoms with Crippen LogP contribution in [0.15, 0.2) is 12.1 Å². The standard InChI is InChI=1S/C11H13ClFNO2/c1-6-2-9(12)7(4-10(6)13)3-8(14)5-11(15)16/h2,4,8H,3,5,14H2,1H3,(H,15,16). The predicted molar refractivity (Wildman–Crippen MR) is 60.1 cm³/mol. The lowest BCUT2D eigenvalue weighted by molar-refractivity contribution is -0.137. The molecule has 3 N–H and O–H groups in total. The molecule has 0 radical (unpaired) electrons. The predicted octanol–water partition coefficient (Wildman–Crippen LogP) is 2.13. The Labute approximate surface area is 98.0 Å². The van der Waals surface area contributed by atoms with Gasteiger partial charge in [0.15, 0.2) is 0 Å². The Morgan fingerprint density at radius 1 is 1.62 bits per heavy atom. The molecule has 1 rings (SSSR count). The zero-order chi connectivity index (χ0) is 12.3. The van der Waals surface area contributed by atoms with E-state index in [0.29, 0.717) is 16.1 Å². The number of nitrogens with two attached hydrogens (primary N) is 1. The lowest BCUT2D eigenvalue weighted by atomic mass is 10.0. The molecule has 0 bridgehead atoms. The molecule has 0 aliphatic rings. The van der Waals surface area contributed by atoms with Crippen molar-refractivity contribution in [2.75, 3.05) is 0 Å². The van der Waals surface area contributed by atoms with E-state index in [1.54, 1.807) is 6.92 Å². The molecule has 0 saturated heterocycles. The molecule has 0 spiro atoms. The average molecular weight is 246 g/mol. The van der Waals surface area contributed by atoms with Crippen LogP contribution in [0.1, 0.15) is 17.5 Å². The van der Waals surface area contributed by atoms with E-state index < -0.39 is 12.0 Å². The maximum absolute atomic E-state index is 13.3. The third kappa shape index (κ3) is 3.47. The Bertz CT molecular complexity index is 409. The van der Waals surface area contributed by atoms with Crippen molar-refractivity contribution in [2.24, 2.45) is 5.73 Å². The highest BCUT2D eigenvalue weighted by Crippen LogP contribution is 2.21. The van der Waals surface area contributed by atoms with Crippen molar-refractivity contribution in [3.63, 3.8) is 0 Å². The van der Waals surface area contributed by atoms with E-state index in [0.717, 1.165) is 0 Å². The van der Waals surface area contributed by atoms with Crippen molar-refractivity contribution < 1.29 is 14.3 Å². The normalized spacial score (nSPS) is 12.5. The minimum absolute atomic E-state index is 0.161. The SMILES string of the molecule is Cc1cc(Cl)c(CC(N)CC(=O)O)cc1F. The molecule has 1 aromatic carbocycles. The number of aliphatic carboxylic acids is 1. The van der Waals surface area contributed by atoms with Crippen molar-refractivity contribution in [3.05, 3.63) is 34.1 Å². The van der Waals surface area contributed by atoms with Gasteiger partial charge in [-0.1, -0.05) is 11.6 Å². The largest absolute Gasteiger partial charge is 0.481 e. The number of aryl methyl sites for hydroxylation is 1. The summed E-state index contributed by atoms with van der Waals surface area (Å²) < 4.78 is 13.3. The first-order valence-corrected chi connectivity index (χ1v) is 5.20. The van der Waals surface area contributed by atoms with Gasteiger partial charge in [0.05, 0.1) is 6.42 Å². The molecule has 0 aliphatic heterocycles. The molecule has 5 heteroatoms. The van der Waals surface area contributed by atoms with Gasteiger partial charge in [-0.15, -0.1) is 0 Å². The van der Waals surface area contributed by atoms with Crippen LogP contribution in [-0.2, 0) is 11.2 Å². The summed E-state index contributed by atoms with van der Waals surface area (Å²) in [6.45, 7) is 1.61. The highest BCUT2D eigenvalue weighted by atomic mass is 35.5. The first-order chi connectivity index (χ1) is 7.40. The average Bonchev–Trinajstić information content (AvgIpc) is 2.12. The fraction of sp³-hybridized carbons (Fsp3) is 0.364. The number of benzene rings is 1. The van der Waals surface area contributed by atoms with E-state index in [2.05, 4.69) is 0 Å². The van der Waals surface area contributed by atoms with E-state index in [1.807, 2.05) is 0 Å². The van der Waals surface area contributed by atoms with Crippen LogP contribution in [0.5, 0.6) is 0 Å². The van der Waals surface area contributed by atoms with E-state index >= 15 is 0 Å². The van der Waals surface area contributed by atoms with Gasteiger partial charge >= 0.3 is 5.97 Å². The maximum atomic E-state index is 13.3. The summed E-state index contributed by atoms with van der Waals surface area (Å²) >= 11 is 5.91. The molecular formula is C11H13ClFNO2. The van der Waals surface area contributed by atoms with Crippen molar-refractivity contribution in [3.8, 4) is 0 Å². The first-order valence-electron chi connectivity index (χ1n) is 4.82. The minimum atomic E-state index is -0.976. The lowest BCUT2D eigenvalue weighted by Crippen LogP contribution is -2.26. The van der Waals surface area contributed by atoms with Crippen LogP contribution >= 0.6 is 11.6 Å². The van der Waals surface area contributed by atoms with Gasteiger partial charge in [0.1, 0.15) is 5.82 Å². The molecule has 0 saturated carbocycles. The molecule has 1 aromatic rings. The summed E-state index contributed by atoms with van der Waals surface area (Å²) in [6, 6.07) is 2.26. The van der Waals surface area contributed by atoms with Crippen LogP contribution in [0, 0.1) is 12.7 Å². The quantitative estimate of drug-likeness (QED) is 0.854. The Hall–Kier alpha value is -1.13. The van der Waals surface area contributed by atoms with Gasteiger partial charge < -0.3 is 10.8 Å². The molecule has 0 amide bonds. The van der Waals surface area contributed by atoms with Crippen LogP contribution in [0.3, 0.4) is 0 Å². The second-order valence-electron chi connectivity index (χ2n) is 3.75. The Morgan fingerprint density at radius 2 is 2.25 bits per heavy atom. The number of rotatable bonds is 4. The molecule has 88 valence electrons. The van der Waals surface area contributed by atoms with Crippen LogP contribution in [0.2, 0.25) is 5.02 Å². The Morgan fingerprint density at radius 3 is 2.81 bits per heavy atom. The van der Waals surface area contributed by atoms with E-state index in [4.69, 9.17) is 22.4 Å². The summed E-state index contributed by atoms with van der Waals surface area (Å²) in [5, 5.41) is 8.96. The third-order valence-corrected chi connectivity index (χ3v) is 2.60. The topological polar surface area (TPSA) is 63.3 Å². The highest BCUT2D eigenvalue weighted by Gasteiger charge is 2.12. The summed E-state index contributed by atoms with van der Waals surface area (Å²) in [5.41, 5.74) is 6.60. The smallest absolute Gasteiger partial charge is 0.304 e. The van der Waals surface area contributed by atoms with Crippen LogP contribution in [0.25, 0.3) is 0 Å². The van der Waals surface area contributed by atoms with Crippen molar-refractivity contribution in [1.29, 1.82) is 0 Å². The second kappa shape index (κ2) is 5.27. The molecule has 0 aromatic heterocycles. The van der Waals surface area contributed by atoms with Gasteiger partial charge in [-0.2, -0.15) is 0 Å². The molecule has 1 unspecified atom stereocenters. The van der Waals surface area contributed by atoms with Crippen LogP contribution < -0.4 is 5.73 Å². The number of carboxylic acid groups (broad SMARTS) is 1. The monoisotopic (exact) mass is 245 g/mol. The minimum Gasteiger partial charge on any atom is -0.481 e. The number of carboxylic acids is 1.